The molecule has 0 saturated carbocycles. The first-order chi connectivity index (χ1) is 8.52. The lowest BCUT2D eigenvalue weighted by atomic mass is 10.1. The highest BCUT2D eigenvalue weighted by atomic mass is 16.4. The Balaban J connectivity index is 2.17. The van der Waals surface area contributed by atoms with Crippen LogP contribution in [-0.2, 0) is 17.9 Å². The van der Waals surface area contributed by atoms with E-state index in [0.29, 0.717) is 18.7 Å². The standard InChI is InChI=1S/C13H16N2O3/c1-8(12(16)14-2)15-6-10-4-3-9(13(17)18)5-11(10)7-15/h3-5,8H,6-7H2,1-2H3,(H,14,16)(H,17,18). The van der Waals surface area contributed by atoms with Gasteiger partial charge in [-0.25, -0.2) is 4.79 Å². The zero-order chi connectivity index (χ0) is 13.3. The number of carboxylic acid groups (broad SMARTS) is 1. The molecule has 2 rings (SSSR count). The van der Waals surface area contributed by atoms with Crippen LogP contribution in [0.1, 0.15) is 28.4 Å². The van der Waals surface area contributed by atoms with Crippen molar-refractivity contribution in [3.05, 3.63) is 34.9 Å². The maximum Gasteiger partial charge on any atom is 0.335 e. The number of hydrogen-bond donors (Lipinski definition) is 2. The van der Waals surface area contributed by atoms with E-state index >= 15 is 0 Å². The third kappa shape index (κ3) is 2.22. The molecule has 5 nitrogen and oxygen atoms in total. The van der Waals surface area contributed by atoms with Gasteiger partial charge < -0.3 is 10.4 Å². The highest BCUT2D eigenvalue weighted by Crippen LogP contribution is 2.25. The van der Waals surface area contributed by atoms with Gasteiger partial charge in [-0.1, -0.05) is 6.07 Å². The Labute approximate surface area is 105 Å². The molecule has 1 aliphatic heterocycles. The van der Waals surface area contributed by atoms with Gasteiger partial charge in [0.05, 0.1) is 11.6 Å². The maximum atomic E-state index is 11.6. The highest BCUT2D eigenvalue weighted by Gasteiger charge is 2.27. The Kier molecular flexibility index (Phi) is 3.34. The fourth-order valence-corrected chi connectivity index (χ4v) is 2.20. The summed E-state index contributed by atoms with van der Waals surface area (Å²) in [6.07, 6.45) is 0. The van der Waals surface area contributed by atoms with Gasteiger partial charge >= 0.3 is 5.97 Å². The number of aromatic carboxylic acids is 1. The summed E-state index contributed by atoms with van der Waals surface area (Å²) < 4.78 is 0. The smallest absolute Gasteiger partial charge is 0.335 e. The molecule has 2 N–H and O–H groups in total. The number of likely N-dealkylation sites (N-methyl/N-ethyl adjacent to an activating group) is 1. The fraction of sp³-hybridized carbons (Fsp3) is 0.385. The first kappa shape index (κ1) is 12.6. The average Bonchev–Trinajstić information content (AvgIpc) is 2.79. The molecular formula is C13H16N2O3. The average molecular weight is 248 g/mol. The lowest BCUT2D eigenvalue weighted by Gasteiger charge is -2.21. The third-order valence-corrected chi connectivity index (χ3v) is 3.37. The van der Waals surface area contributed by atoms with Crippen LogP contribution >= 0.6 is 0 Å². The summed E-state index contributed by atoms with van der Waals surface area (Å²) in [4.78, 5) is 24.5. The molecule has 0 radical (unpaired) electrons. The number of hydrogen-bond acceptors (Lipinski definition) is 3. The molecule has 5 heteroatoms. The van der Waals surface area contributed by atoms with Gasteiger partial charge in [0.2, 0.25) is 5.91 Å². The minimum absolute atomic E-state index is 0.0266. The van der Waals surface area contributed by atoms with Crippen molar-refractivity contribution in [2.45, 2.75) is 26.1 Å². The van der Waals surface area contributed by atoms with Crippen LogP contribution in [0.25, 0.3) is 0 Å². The Morgan fingerprint density at radius 2 is 2.00 bits per heavy atom. The molecular weight excluding hydrogens is 232 g/mol. The summed E-state index contributed by atoms with van der Waals surface area (Å²) in [6, 6.07) is 4.91. The second-order valence-corrected chi connectivity index (χ2v) is 4.48. The molecule has 0 spiro atoms. The van der Waals surface area contributed by atoms with E-state index in [0.717, 1.165) is 11.1 Å². The van der Waals surface area contributed by atoms with E-state index in [-0.39, 0.29) is 11.9 Å². The van der Waals surface area contributed by atoms with E-state index in [1.165, 1.54) is 0 Å². The lowest BCUT2D eigenvalue weighted by Crippen LogP contribution is -2.41. The van der Waals surface area contributed by atoms with Crippen molar-refractivity contribution < 1.29 is 14.7 Å². The van der Waals surface area contributed by atoms with E-state index in [2.05, 4.69) is 5.32 Å². The van der Waals surface area contributed by atoms with Gasteiger partial charge in [0.25, 0.3) is 0 Å². The Bertz CT molecular complexity index is 499. The second-order valence-electron chi connectivity index (χ2n) is 4.48. The zero-order valence-corrected chi connectivity index (χ0v) is 10.4. The molecule has 0 fully saturated rings. The third-order valence-electron chi connectivity index (χ3n) is 3.37. The van der Waals surface area contributed by atoms with E-state index in [9.17, 15) is 9.59 Å². The molecule has 1 aliphatic rings. The van der Waals surface area contributed by atoms with E-state index in [4.69, 9.17) is 5.11 Å². The van der Waals surface area contributed by atoms with Gasteiger partial charge in [0, 0.05) is 20.1 Å². The van der Waals surface area contributed by atoms with E-state index in [1.807, 2.05) is 17.9 Å². The molecule has 1 atom stereocenters. The number of benzene rings is 1. The molecule has 0 aromatic heterocycles. The van der Waals surface area contributed by atoms with E-state index < -0.39 is 5.97 Å². The summed E-state index contributed by atoms with van der Waals surface area (Å²) in [6.45, 7) is 3.15. The van der Waals surface area contributed by atoms with Crippen molar-refractivity contribution in [2.24, 2.45) is 0 Å². The maximum absolute atomic E-state index is 11.6. The van der Waals surface area contributed by atoms with Crippen LogP contribution in [0.3, 0.4) is 0 Å². The molecule has 96 valence electrons. The Morgan fingerprint density at radius 1 is 1.33 bits per heavy atom. The number of carbonyl (C=O) groups is 2. The van der Waals surface area contributed by atoms with Gasteiger partial charge in [-0.15, -0.1) is 0 Å². The van der Waals surface area contributed by atoms with Crippen LogP contribution in [0.5, 0.6) is 0 Å². The van der Waals surface area contributed by atoms with Crippen molar-refractivity contribution in [1.29, 1.82) is 0 Å². The molecule has 0 saturated heterocycles. The van der Waals surface area contributed by atoms with Crippen molar-refractivity contribution >= 4 is 11.9 Å². The van der Waals surface area contributed by atoms with Gasteiger partial charge in [0.1, 0.15) is 0 Å². The summed E-state index contributed by atoms with van der Waals surface area (Å²) in [5.74, 6) is -0.947. The minimum Gasteiger partial charge on any atom is -0.478 e. The monoisotopic (exact) mass is 248 g/mol. The molecule has 1 heterocycles. The van der Waals surface area contributed by atoms with Crippen molar-refractivity contribution in [3.63, 3.8) is 0 Å². The van der Waals surface area contributed by atoms with Crippen LogP contribution in [0.15, 0.2) is 18.2 Å². The van der Waals surface area contributed by atoms with Crippen LogP contribution in [0.4, 0.5) is 0 Å². The number of nitrogens with zero attached hydrogens (tertiary/aromatic N) is 1. The Hall–Kier alpha value is -1.88. The van der Waals surface area contributed by atoms with E-state index in [1.54, 1.807) is 19.2 Å². The Morgan fingerprint density at radius 3 is 2.61 bits per heavy atom. The van der Waals surface area contributed by atoms with Gasteiger partial charge in [0.15, 0.2) is 0 Å². The minimum atomic E-state index is -0.921. The van der Waals surface area contributed by atoms with Crippen molar-refractivity contribution in [3.8, 4) is 0 Å². The van der Waals surface area contributed by atoms with Gasteiger partial charge in [-0.05, 0) is 30.2 Å². The van der Waals surface area contributed by atoms with Crippen molar-refractivity contribution in [2.75, 3.05) is 7.05 Å². The molecule has 1 amide bonds. The first-order valence-electron chi connectivity index (χ1n) is 5.83. The molecule has 0 aliphatic carbocycles. The number of fused-ring (bicyclic) bond motifs is 1. The van der Waals surface area contributed by atoms with Crippen LogP contribution in [0.2, 0.25) is 0 Å². The SMILES string of the molecule is CNC(=O)C(C)N1Cc2ccc(C(=O)O)cc2C1. The number of nitrogens with one attached hydrogen (secondary N) is 1. The summed E-state index contributed by atoms with van der Waals surface area (Å²) in [7, 11) is 1.62. The van der Waals surface area contributed by atoms with Crippen LogP contribution in [-0.4, -0.2) is 35.0 Å². The van der Waals surface area contributed by atoms with Crippen molar-refractivity contribution in [1.82, 2.24) is 10.2 Å². The van der Waals surface area contributed by atoms with Crippen LogP contribution < -0.4 is 5.32 Å². The predicted molar refractivity (Wildman–Crippen MR) is 66.2 cm³/mol. The lowest BCUT2D eigenvalue weighted by molar-refractivity contribution is -0.125. The topological polar surface area (TPSA) is 69.6 Å². The summed E-state index contributed by atoms with van der Waals surface area (Å²) in [5.41, 5.74) is 2.38. The normalized spacial score (nSPS) is 16.1. The summed E-state index contributed by atoms with van der Waals surface area (Å²) in [5, 5.41) is 11.6. The fourth-order valence-electron chi connectivity index (χ4n) is 2.20. The molecule has 1 unspecified atom stereocenters. The zero-order valence-electron chi connectivity index (χ0n) is 10.4. The molecule has 0 bridgehead atoms. The number of carbonyl (C=O) groups excluding carboxylic acids is 1. The predicted octanol–water partition coefficient (Wildman–Crippen LogP) is 0.835. The largest absolute Gasteiger partial charge is 0.478 e. The second kappa shape index (κ2) is 4.78. The molecule has 18 heavy (non-hydrogen) atoms. The quantitative estimate of drug-likeness (QED) is 0.831. The number of amides is 1. The number of carboxylic acids is 1. The number of rotatable bonds is 3. The van der Waals surface area contributed by atoms with Crippen LogP contribution in [0, 0.1) is 0 Å². The first-order valence-corrected chi connectivity index (χ1v) is 5.83. The molecule has 1 aromatic carbocycles. The highest BCUT2D eigenvalue weighted by molar-refractivity contribution is 5.88. The summed E-state index contributed by atoms with van der Waals surface area (Å²) >= 11 is 0. The van der Waals surface area contributed by atoms with Gasteiger partial charge in [-0.3, -0.25) is 9.69 Å². The molecule has 1 aromatic rings. The van der Waals surface area contributed by atoms with Gasteiger partial charge in [-0.2, -0.15) is 0 Å².